The first kappa shape index (κ1) is 22.5. The maximum absolute atomic E-state index is 5.84. The van der Waals surface area contributed by atoms with Crippen molar-refractivity contribution in [3.63, 3.8) is 0 Å². The molecule has 26 heavy (non-hydrogen) atoms. The second kappa shape index (κ2) is 13.7. The SMILES string of the molecule is C=C1C/C1=C\CCCCCCOc1ccc(CC(C)CC)cc1.CCC. The highest BCUT2D eigenvalue weighted by molar-refractivity contribution is 5.48. The predicted molar refractivity (Wildman–Crippen MR) is 116 cm³/mol. The highest BCUT2D eigenvalue weighted by Gasteiger charge is 2.16. The molecule has 0 radical (unpaired) electrons. The first-order valence-corrected chi connectivity index (χ1v) is 10.7. The Bertz CT molecular complexity index is 524. The molecule has 1 fully saturated rings. The predicted octanol–water partition coefficient (Wildman–Crippen LogP) is 7.91. The van der Waals surface area contributed by atoms with Crippen molar-refractivity contribution < 1.29 is 4.74 Å². The molecule has 0 N–H and O–H groups in total. The topological polar surface area (TPSA) is 9.23 Å². The van der Waals surface area contributed by atoms with Crippen LogP contribution in [0.15, 0.2) is 48.1 Å². The van der Waals surface area contributed by atoms with E-state index in [1.165, 1.54) is 61.7 Å². The lowest BCUT2D eigenvalue weighted by molar-refractivity contribution is 0.304. The van der Waals surface area contributed by atoms with Crippen LogP contribution < -0.4 is 4.74 Å². The molecule has 0 spiro atoms. The van der Waals surface area contributed by atoms with E-state index < -0.39 is 0 Å². The summed E-state index contributed by atoms with van der Waals surface area (Å²) in [6.45, 7) is 13.6. The monoisotopic (exact) mass is 356 g/mol. The van der Waals surface area contributed by atoms with Gasteiger partial charge in [-0.2, -0.15) is 0 Å². The van der Waals surface area contributed by atoms with E-state index in [0.717, 1.165) is 31.1 Å². The largest absolute Gasteiger partial charge is 0.494 e. The van der Waals surface area contributed by atoms with Gasteiger partial charge < -0.3 is 4.74 Å². The summed E-state index contributed by atoms with van der Waals surface area (Å²) < 4.78 is 5.84. The van der Waals surface area contributed by atoms with Crippen molar-refractivity contribution in [2.45, 2.75) is 85.5 Å². The zero-order valence-corrected chi connectivity index (χ0v) is 17.7. The zero-order valence-electron chi connectivity index (χ0n) is 17.7. The molecule has 1 nitrogen and oxygen atoms in total. The summed E-state index contributed by atoms with van der Waals surface area (Å²) in [5.41, 5.74) is 4.25. The van der Waals surface area contributed by atoms with E-state index in [2.05, 4.69) is 64.6 Å². The minimum atomic E-state index is 0.760. The minimum absolute atomic E-state index is 0.760. The molecule has 0 aliphatic heterocycles. The number of allylic oxidation sites excluding steroid dienone is 3. The molecule has 0 heterocycles. The summed E-state index contributed by atoms with van der Waals surface area (Å²) in [6, 6.07) is 8.65. The third-order valence-corrected chi connectivity index (χ3v) is 4.70. The van der Waals surface area contributed by atoms with Gasteiger partial charge in [-0.05, 0) is 66.9 Å². The Balaban J connectivity index is 0.00000105. The summed E-state index contributed by atoms with van der Waals surface area (Å²) in [5.74, 6) is 1.77. The first-order chi connectivity index (χ1) is 12.6. The number of unbranched alkanes of at least 4 members (excludes halogenated alkanes) is 4. The first-order valence-electron chi connectivity index (χ1n) is 10.7. The summed E-state index contributed by atoms with van der Waals surface area (Å²) in [4.78, 5) is 0. The Hall–Kier alpha value is -1.50. The third-order valence-electron chi connectivity index (χ3n) is 4.70. The van der Waals surface area contributed by atoms with Gasteiger partial charge in [-0.25, -0.2) is 0 Å². The van der Waals surface area contributed by atoms with Gasteiger partial charge in [0.15, 0.2) is 0 Å². The quantitative estimate of drug-likeness (QED) is 0.366. The van der Waals surface area contributed by atoms with Gasteiger partial charge in [0.2, 0.25) is 0 Å². The summed E-state index contributed by atoms with van der Waals surface area (Å²) in [5, 5.41) is 0. The van der Waals surface area contributed by atoms with Crippen molar-refractivity contribution in [3.05, 3.63) is 53.6 Å². The Labute approximate surface area is 162 Å². The Morgan fingerprint density at radius 3 is 2.23 bits per heavy atom. The Morgan fingerprint density at radius 2 is 1.65 bits per heavy atom. The summed E-state index contributed by atoms with van der Waals surface area (Å²) >= 11 is 0. The molecule has 1 aliphatic carbocycles. The van der Waals surface area contributed by atoms with Crippen LogP contribution in [0.2, 0.25) is 0 Å². The van der Waals surface area contributed by atoms with E-state index in [9.17, 15) is 0 Å². The average Bonchev–Trinajstić information content (AvgIpc) is 3.34. The molecule has 1 aromatic rings. The molecule has 1 saturated carbocycles. The van der Waals surface area contributed by atoms with E-state index in [1.54, 1.807) is 0 Å². The van der Waals surface area contributed by atoms with Crippen LogP contribution in [-0.4, -0.2) is 6.61 Å². The van der Waals surface area contributed by atoms with Gasteiger partial charge in [0, 0.05) is 0 Å². The van der Waals surface area contributed by atoms with Crippen LogP contribution in [0.25, 0.3) is 0 Å². The zero-order chi connectivity index (χ0) is 19.2. The normalized spacial score (nSPS) is 15.4. The van der Waals surface area contributed by atoms with Crippen molar-refractivity contribution in [2.75, 3.05) is 6.61 Å². The van der Waals surface area contributed by atoms with Crippen molar-refractivity contribution >= 4 is 0 Å². The van der Waals surface area contributed by atoms with Crippen LogP contribution in [-0.2, 0) is 6.42 Å². The highest BCUT2D eigenvalue weighted by atomic mass is 16.5. The van der Waals surface area contributed by atoms with Gasteiger partial charge in [-0.3, -0.25) is 0 Å². The van der Waals surface area contributed by atoms with Crippen LogP contribution in [0.1, 0.15) is 84.6 Å². The average molecular weight is 357 g/mol. The molecule has 1 unspecified atom stereocenters. The van der Waals surface area contributed by atoms with Crippen molar-refractivity contribution in [1.82, 2.24) is 0 Å². The van der Waals surface area contributed by atoms with Gasteiger partial charge >= 0.3 is 0 Å². The number of benzene rings is 1. The molecule has 1 aromatic carbocycles. The number of hydrogen-bond donors (Lipinski definition) is 0. The highest BCUT2D eigenvalue weighted by Crippen LogP contribution is 2.35. The standard InChI is InChI=1S/C22H32O.C3H8/c1-4-18(2)16-20-11-13-22(14-12-20)23-15-9-7-5-6-8-10-21-17-19(21)3;1-3-2/h10-14,18H,3-9,15-17H2,1-2H3;3H2,1-2H3/b21-10+;. The molecular weight excluding hydrogens is 316 g/mol. The van der Waals surface area contributed by atoms with Crippen molar-refractivity contribution in [3.8, 4) is 5.75 Å². The number of ether oxygens (including phenoxy) is 1. The van der Waals surface area contributed by atoms with E-state index in [-0.39, 0.29) is 0 Å². The summed E-state index contributed by atoms with van der Waals surface area (Å²) in [7, 11) is 0. The Morgan fingerprint density at radius 1 is 1.04 bits per heavy atom. The van der Waals surface area contributed by atoms with Gasteiger partial charge in [0.25, 0.3) is 0 Å². The molecule has 1 heteroatoms. The lowest BCUT2D eigenvalue weighted by atomic mass is 9.99. The second-order valence-corrected chi connectivity index (χ2v) is 7.63. The van der Waals surface area contributed by atoms with Gasteiger partial charge in [0.05, 0.1) is 6.61 Å². The van der Waals surface area contributed by atoms with Crippen LogP contribution in [0.4, 0.5) is 0 Å². The van der Waals surface area contributed by atoms with Crippen LogP contribution >= 0.6 is 0 Å². The molecule has 2 rings (SSSR count). The van der Waals surface area contributed by atoms with Crippen molar-refractivity contribution in [2.24, 2.45) is 5.92 Å². The lowest BCUT2D eigenvalue weighted by Crippen LogP contribution is -1.99. The van der Waals surface area contributed by atoms with Crippen LogP contribution in [0.3, 0.4) is 0 Å². The number of hydrogen-bond acceptors (Lipinski definition) is 1. The molecule has 0 amide bonds. The molecular formula is C25H40O. The molecule has 1 atom stereocenters. The fourth-order valence-electron chi connectivity index (χ4n) is 2.74. The second-order valence-electron chi connectivity index (χ2n) is 7.63. The fourth-order valence-corrected chi connectivity index (χ4v) is 2.74. The summed E-state index contributed by atoms with van der Waals surface area (Å²) in [6.07, 6.45) is 13.4. The maximum atomic E-state index is 5.84. The minimum Gasteiger partial charge on any atom is -0.494 e. The third kappa shape index (κ3) is 10.5. The fraction of sp³-hybridized carbons (Fsp3) is 0.600. The smallest absolute Gasteiger partial charge is 0.119 e. The molecule has 146 valence electrons. The van der Waals surface area contributed by atoms with Gasteiger partial charge in [-0.15, -0.1) is 0 Å². The molecule has 1 aliphatic rings. The van der Waals surface area contributed by atoms with E-state index in [4.69, 9.17) is 4.74 Å². The van der Waals surface area contributed by atoms with E-state index in [1.807, 2.05) is 0 Å². The van der Waals surface area contributed by atoms with Gasteiger partial charge in [0.1, 0.15) is 5.75 Å². The van der Waals surface area contributed by atoms with Crippen LogP contribution in [0.5, 0.6) is 5.75 Å². The maximum Gasteiger partial charge on any atom is 0.119 e. The number of rotatable bonds is 11. The van der Waals surface area contributed by atoms with Gasteiger partial charge in [-0.1, -0.05) is 78.2 Å². The van der Waals surface area contributed by atoms with E-state index in [0.29, 0.717) is 0 Å². The van der Waals surface area contributed by atoms with E-state index >= 15 is 0 Å². The molecule has 0 bridgehead atoms. The molecule has 0 saturated heterocycles. The van der Waals surface area contributed by atoms with Crippen molar-refractivity contribution in [1.29, 1.82) is 0 Å². The van der Waals surface area contributed by atoms with Crippen LogP contribution in [0, 0.1) is 5.92 Å². The Kier molecular flexibility index (Phi) is 11.9. The lowest BCUT2D eigenvalue weighted by Gasteiger charge is -2.10. The molecule has 0 aromatic heterocycles.